The van der Waals surface area contributed by atoms with Crippen LogP contribution < -0.4 is 5.32 Å². The van der Waals surface area contributed by atoms with Crippen LogP contribution in [0.5, 0.6) is 0 Å². The Balaban J connectivity index is 1.91. The highest BCUT2D eigenvalue weighted by Crippen LogP contribution is 2.18. The molecule has 0 spiro atoms. The standard InChI is InChI=1S/C18H34N4O3/c1-5-19-18(21-8-6-16(7-9-21)17(23)24-4)20-12-14(2)22-10-11-25-13-15(22)3/h14-16H,5-13H2,1-4H3,(H,19,20). The smallest absolute Gasteiger partial charge is 0.308 e. The van der Waals surface area contributed by atoms with E-state index in [2.05, 4.69) is 35.9 Å². The summed E-state index contributed by atoms with van der Waals surface area (Å²) in [6.45, 7) is 12.4. The van der Waals surface area contributed by atoms with Gasteiger partial charge in [0.2, 0.25) is 0 Å². The molecule has 0 saturated carbocycles. The molecule has 0 bridgehead atoms. The fraction of sp³-hybridized carbons (Fsp3) is 0.889. The lowest BCUT2D eigenvalue weighted by Gasteiger charge is -2.38. The van der Waals surface area contributed by atoms with Gasteiger partial charge in [-0.15, -0.1) is 0 Å². The Hall–Kier alpha value is -1.34. The summed E-state index contributed by atoms with van der Waals surface area (Å²) in [5, 5.41) is 3.40. The zero-order valence-corrected chi connectivity index (χ0v) is 16.2. The molecule has 144 valence electrons. The molecule has 2 aliphatic rings. The van der Waals surface area contributed by atoms with Gasteiger partial charge in [0.05, 0.1) is 32.8 Å². The molecule has 2 fully saturated rings. The normalized spacial score (nSPS) is 24.9. The number of carbonyl (C=O) groups is 1. The van der Waals surface area contributed by atoms with Gasteiger partial charge >= 0.3 is 5.97 Å². The molecule has 0 aromatic heterocycles. The van der Waals surface area contributed by atoms with Gasteiger partial charge in [-0.3, -0.25) is 14.7 Å². The van der Waals surface area contributed by atoms with Crippen LogP contribution in [-0.2, 0) is 14.3 Å². The monoisotopic (exact) mass is 354 g/mol. The number of hydrogen-bond donors (Lipinski definition) is 1. The summed E-state index contributed by atoms with van der Waals surface area (Å²) < 4.78 is 10.4. The van der Waals surface area contributed by atoms with E-state index in [0.29, 0.717) is 12.1 Å². The maximum absolute atomic E-state index is 11.7. The first-order valence-corrected chi connectivity index (χ1v) is 9.51. The zero-order chi connectivity index (χ0) is 18.2. The fourth-order valence-corrected chi connectivity index (χ4v) is 3.64. The van der Waals surface area contributed by atoms with Gasteiger partial charge < -0.3 is 19.7 Å². The van der Waals surface area contributed by atoms with E-state index in [1.165, 1.54) is 7.11 Å². The van der Waals surface area contributed by atoms with E-state index in [-0.39, 0.29) is 11.9 Å². The van der Waals surface area contributed by atoms with Crippen molar-refractivity contribution in [2.24, 2.45) is 10.9 Å². The maximum atomic E-state index is 11.7. The van der Waals surface area contributed by atoms with Crippen LogP contribution in [0.4, 0.5) is 0 Å². The predicted octanol–water partition coefficient (Wildman–Crippen LogP) is 0.946. The molecule has 0 amide bonds. The fourth-order valence-electron chi connectivity index (χ4n) is 3.64. The summed E-state index contributed by atoms with van der Waals surface area (Å²) in [6, 6.07) is 0.831. The Morgan fingerprint density at radius 1 is 1.36 bits per heavy atom. The second-order valence-electron chi connectivity index (χ2n) is 6.99. The summed E-state index contributed by atoms with van der Waals surface area (Å²) in [6.07, 6.45) is 1.65. The van der Waals surface area contributed by atoms with Crippen LogP contribution in [0.2, 0.25) is 0 Å². The van der Waals surface area contributed by atoms with Crippen LogP contribution in [0.15, 0.2) is 4.99 Å². The number of likely N-dealkylation sites (tertiary alicyclic amines) is 1. The Kier molecular flexibility index (Phi) is 7.96. The summed E-state index contributed by atoms with van der Waals surface area (Å²) in [5.74, 6) is 0.896. The number of piperidine rings is 1. The van der Waals surface area contributed by atoms with E-state index in [0.717, 1.165) is 64.7 Å². The number of ether oxygens (including phenoxy) is 2. The van der Waals surface area contributed by atoms with E-state index in [9.17, 15) is 4.79 Å². The van der Waals surface area contributed by atoms with Crippen molar-refractivity contribution in [2.75, 3.05) is 53.0 Å². The average Bonchev–Trinajstić information content (AvgIpc) is 2.64. The lowest BCUT2D eigenvalue weighted by molar-refractivity contribution is -0.146. The van der Waals surface area contributed by atoms with Gasteiger partial charge in [0.1, 0.15) is 0 Å². The molecule has 7 nitrogen and oxygen atoms in total. The summed E-state index contributed by atoms with van der Waals surface area (Å²) in [5.41, 5.74) is 0. The first kappa shape index (κ1) is 20.0. The quantitative estimate of drug-likeness (QED) is 0.450. The van der Waals surface area contributed by atoms with Gasteiger partial charge in [-0.25, -0.2) is 0 Å². The van der Waals surface area contributed by atoms with Crippen molar-refractivity contribution >= 4 is 11.9 Å². The van der Waals surface area contributed by atoms with Gasteiger partial charge in [-0.2, -0.15) is 0 Å². The summed E-state index contributed by atoms with van der Waals surface area (Å²) in [4.78, 5) is 21.3. The topological polar surface area (TPSA) is 66.4 Å². The third-order valence-corrected chi connectivity index (χ3v) is 5.15. The van der Waals surface area contributed by atoms with Gasteiger partial charge in [0, 0.05) is 38.3 Å². The molecule has 0 aliphatic carbocycles. The highest BCUT2D eigenvalue weighted by molar-refractivity contribution is 5.80. The van der Waals surface area contributed by atoms with Crippen molar-refractivity contribution in [1.82, 2.24) is 15.1 Å². The minimum Gasteiger partial charge on any atom is -0.469 e. The summed E-state index contributed by atoms with van der Waals surface area (Å²) >= 11 is 0. The molecule has 2 aliphatic heterocycles. The zero-order valence-electron chi connectivity index (χ0n) is 16.2. The number of carbonyl (C=O) groups excluding carboxylic acids is 1. The van der Waals surface area contributed by atoms with Crippen LogP contribution in [0, 0.1) is 5.92 Å². The van der Waals surface area contributed by atoms with E-state index in [1.54, 1.807) is 0 Å². The Morgan fingerprint density at radius 3 is 2.68 bits per heavy atom. The van der Waals surface area contributed by atoms with E-state index < -0.39 is 0 Å². The number of morpholine rings is 1. The van der Waals surface area contributed by atoms with Crippen LogP contribution in [0.3, 0.4) is 0 Å². The van der Waals surface area contributed by atoms with Crippen molar-refractivity contribution in [2.45, 2.75) is 45.7 Å². The van der Waals surface area contributed by atoms with Crippen molar-refractivity contribution in [3.8, 4) is 0 Å². The largest absolute Gasteiger partial charge is 0.469 e. The first-order valence-electron chi connectivity index (χ1n) is 9.51. The lowest BCUT2D eigenvalue weighted by atomic mass is 9.97. The van der Waals surface area contributed by atoms with Crippen molar-refractivity contribution in [3.63, 3.8) is 0 Å². The number of nitrogens with one attached hydrogen (secondary N) is 1. The number of hydrogen-bond acceptors (Lipinski definition) is 5. The van der Waals surface area contributed by atoms with Gasteiger partial charge in [0.25, 0.3) is 0 Å². The molecule has 2 atom stereocenters. The maximum Gasteiger partial charge on any atom is 0.308 e. The number of aliphatic imine (C=N–C) groups is 1. The molecule has 0 radical (unpaired) electrons. The molecule has 2 saturated heterocycles. The summed E-state index contributed by atoms with van der Waals surface area (Å²) in [7, 11) is 1.47. The number of esters is 1. The Labute approximate surface area is 151 Å². The molecule has 0 aromatic rings. The van der Waals surface area contributed by atoms with Gasteiger partial charge in [-0.05, 0) is 33.6 Å². The number of guanidine groups is 1. The minimum absolute atomic E-state index is 0.0252. The van der Waals surface area contributed by atoms with Crippen molar-refractivity contribution in [1.29, 1.82) is 0 Å². The number of methoxy groups -OCH3 is 1. The molecule has 2 unspecified atom stereocenters. The number of nitrogens with zero attached hydrogens (tertiary/aromatic N) is 3. The second-order valence-corrected chi connectivity index (χ2v) is 6.99. The number of rotatable bonds is 5. The van der Waals surface area contributed by atoms with Gasteiger partial charge in [-0.1, -0.05) is 0 Å². The third-order valence-electron chi connectivity index (χ3n) is 5.15. The average molecular weight is 354 g/mol. The molecule has 0 aromatic carbocycles. The van der Waals surface area contributed by atoms with Crippen LogP contribution in [0.1, 0.15) is 33.6 Å². The molecular weight excluding hydrogens is 320 g/mol. The predicted molar refractivity (Wildman–Crippen MR) is 98.7 cm³/mol. The Bertz CT molecular complexity index is 450. The molecule has 2 rings (SSSR count). The van der Waals surface area contributed by atoms with E-state index >= 15 is 0 Å². The second kappa shape index (κ2) is 9.97. The Morgan fingerprint density at radius 2 is 2.08 bits per heavy atom. The van der Waals surface area contributed by atoms with E-state index in [4.69, 9.17) is 14.5 Å². The molecular formula is C18H34N4O3. The molecule has 2 heterocycles. The van der Waals surface area contributed by atoms with E-state index in [1.807, 2.05) is 0 Å². The molecule has 25 heavy (non-hydrogen) atoms. The van der Waals surface area contributed by atoms with Crippen molar-refractivity contribution in [3.05, 3.63) is 0 Å². The van der Waals surface area contributed by atoms with Crippen LogP contribution in [0.25, 0.3) is 0 Å². The van der Waals surface area contributed by atoms with Crippen LogP contribution in [-0.4, -0.2) is 86.9 Å². The van der Waals surface area contributed by atoms with Crippen LogP contribution >= 0.6 is 0 Å². The molecule has 1 N–H and O–H groups in total. The molecule has 7 heteroatoms. The SMILES string of the molecule is CCNC(=NCC(C)N1CCOCC1C)N1CCC(C(=O)OC)CC1. The minimum atomic E-state index is -0.0866. The van der Waals surface area contributed by atoms with Gasteiger partial charge in [0.15, 0.2) is 5.96 Å². The third kappa shape index (κ3) is 5.57. The first-order chi connectivity index (χ1) is 12.1. The lowest BCUT2D eigenvalue weighted by Crippen LogP contribution is -2.50. The van der Waals surface area contributed by atoms with Crippen molar-refractivity contribution < 1.29 is 14.3 Å². The highest BCUT2D eigenvalue weighted by atomic mass is 16.5. The highest BCUT2D eigenvalue weighted by Gasteiger charge is 2.27.